The topological polar surface area (TPSA) is 49.4 Å². The average molecular weight is 450 g/mol. The Bertz CT molecular complexity index is 862. The number of rotatable bonds is 5. The molecule has 0 radical (unpaired) electrons. The lowest BCUT2D eigenvalue weighted by molar-refractivity contribution is -0.122. The molecule has 1 heterocycles. The Kier molecular flexibility index (Phi) is 6.22. The van der Waals surface area contributed by atoms with Crippen molar-refractivity contribution in [2.24, 2.45) is 5.92 Å². The Morgan fingerprint density at radius 3 is 2.48 bits per heavy atom. The summed E-state index contributed by atoms with van der Waals surface area (Å²) in [5, 5.41) is 3.32. The van der Waals surface area contributed by atoms with Gasteiger partial charge in [0.2, 0.25) is 11.8 Å². The smallest absolute Gasteiger partial charge is 0.229 e. The maximum atomic E-state index is 12.7. The van der Waals surface area contributed by atoms with Crippen LogP contribution in [-0.2, 0) is 22.4 Å². The van der Waals surface area contributed by atoms with Crippen molar-refractivity contribution in [3.8, 4) is 0 Å². The van der Waals surface area contributed by atoms with Crippen LogP contribution < -0.4 is 10.2 Å². The molecule has 0 spiro atoms. The van der Waals surface area contributed by atoms with Gasteiger partial charge in [0.05, 0.1) is 16.6 Å². The van der Waals surface area contributed by atoms with E-state index in [1.807, 2.05) is 12.1 Å². The molecule has 3 rings (SSSR count). The maximum Gasteiger partial charge on any atom is 0.229 e. The van der Waals surface area contributed by atoms with E-state index in [9.17, 15) is 9.59 Å². The Hall–Kier alpha value is -1.85. The van der Waals surface area contributed by atoms with Gasteiger partial charge in [-0.15, -0.1) is 0 Å². The summed E-state index contributed by atoms with van der Waals surface area (Å²) in [6, 6.07) is 11.4. The number of carbonyl (C=O) groups excluding carboxylic acids is 2. The molecule has 1 saturated heterocycles. The van der Waals surface area contributed by atoms with E-state index in [1.54, 1.807) is 17.0 Å². The number of benzene rings is 2. The van der Waals surface area contributed by atoms with E-state index >= 15 is 0 Å². The van der Waals surface area contributed by atoms with Gasteiger partial charge < -0.3 is 10.2 Å². The Balaban J connectivity index is 1.80. The maximum absolute atomic E-state index is 12.7. The molecule has 2 aromatic rings. The number of nitrogens with one attached hydrogen (secondary N) is 1. The molecule has 0 bridgehead atoms. The molecule has 1 aliphatic heterocycles. The monoisotopic (exact) mass is 448 g/mol. The molecule has 6 heteroatoms. The van der Waals surface area contributed by atoms with E-state index in [1.165, 1.54) is 0 Å². The average Bonchev–Trinajstić information content (AvgIpc) is 3.04. The van der Waals surface area contributed by atoms with E-state index in [2.05, 4.69) is 47.2 Å². The second-order valence-corrected chi connectivity index (χ2v) is 7.97. The molecule has 1 fully saturated rings. The molecule has 2 amide bonds. The van der Waals surface area contributed by atoms with Crippen LogP contribution in [0.2, 0.25) is 5.02 Å². The van der Waals surface area contributed by atoms with Crippen molar-refractivity contribution in [1.29, 1.82) is 0 Å². The van der Waals surface area contributed by atoms with Gasteiger partial charge in [-0.3, -0.25) is 9.59 Å². The molecular formula is C21H22BrClN2O2. The number of para-hydroxylation sites is 1. The highest BCUT2D eigenvalue weighted by atomic mass is 79.9. The predicted octanol–water partition coefficient (Wildman–Crippen LogP) is 5.22. The molecule has 0 aromatic heterocycles. The first kappa shape index (κ1) is 19.9. The van der Waals surface area contributed by atoms with Crippen molar-refractivity contribution in [2.75, 3.05) is 16.8 Å². The Morgan fingerprint density at radius 1 is 1.22 bits per heavy atom. The number of halogens is 2. The highest BCUT2D eigenvalue weighted by Gasteiger charge is 2.36. The third-order valence-corrected chi connectivity index (χ3v) is 5.73. The molecular weight excluding hydrogens is 428 g/mol. The van der Waals surface area contributed by atoms with Crippen LogP contribution in [0.5, 0.6) is 0 Å². The van der Waals surface area contributed by atoms with Crippen molar-refractivity contribution in [3.63, 3.8) is 0 Å². The molecule has 4 nitrogen and oxygen atoms in total. The number of nitrogens with zero attached hydrogens (tertiary/aromatic N) is 1. The second-order valence-electron chi connectivity index (χ2n) is 6.65. The third kappa shape index (κ3) is 4.19. The van der Waals surface area contributed by atoms with Crippen LogP contribution in [0.3, 0.4) is 0 Å². The van der Waals surface area contributed by atoms with Crippen LogP contribution in [0.15, 0.2) is 40.9 Å². The van der Waals surface area contributed by atoms with Gasteiger partial charge in [-0.1, -0.05) is 59.6 Å². The van der Waals surface area contributed by atoms with Gasteiger partial charge in [0.1, 0.15) is 0 Å². The van der Waals surface area contributed by atoms with E-state index < -0.39 is 5.92 Å². The van der Waals surface area contributed by atoms with Crippen molar-refractivity contribution >= 4 is 50.7 Å². The highest BCUT2D eigenvalue weighted by molar-refractivity contribution is 9.10. The molecule has 0 saturated carbocycles. The zero-order valence-electron chi connectivity index (χ0n) is 15.4. The normalized spacial score (nSPS) is 16.7. The summed E-state index contributed by atoms with van der Waals surface area (Å²) in [7, 11) is 0. The minimum absolute atomic E-state index is 0.00680. The van der Waals surface area contributed by atoms with E-state index in [-0.39, 0.29) is 18.2 Å². The molecule has 142 valence electrons. The lowest BCUT2D eigenvalue weighted by atomic mass is 10.0. The van der Waals surface area contributed by atoms with Gasteiger partial charge in [0, 0.05) is 23.1 Å². The van der Waals surface area contributed by atoms with Crippen molar-refractivity contribution in [2.45, 2.75) is 33.1 Å². The quantitative estimate of drug-likeness (QED) is 0.680. The van der Waals surface area contributed by atoms with Gasteiger partial charge in [-0.05, 0) is 42.2 Å². The minimum Gasteiger partial charge on any atom is -0.324 e. The molecule has 27 heavy (non-hydrogen) atoms. The van der Waals surface area contributed by atoms with E-state index in [0.717, 1.165) is 34.1 Å². The zero-order valence-corrected chi connectivity index (χ0v) is 17.7. The Morgan fingerprint density at radius 2 is 1.89 bits per heavy atom. The van der Waals surface area contributed by atoms with Gasteiger partial charge in [0.25, 0.3) is 0 Å². The number of anilines is 2. The zero-order chi connectivity index (χ0) is 19.6. The lowest BCUT2D eigenvalue weighted by Gasteiger charge is -2.23. The molecule has 0 aliphatic carbocycles. The highest BCUT2D eigenvalue weighted by Crippen LogP contribution is 2.33. The molecule has 0 unspecified atom stereocenters. The van der Waals surface area contributed by atoms with Crippen molar-refractivity contribution < 1.29 is 9.59 Å². The van der Waals surface area contributed by atoms with Gasteiger partial charge in [-0.2, -0.15) is 0 Å². The van der Waals surface area contributed by atoms with Crippen LogP contribution in [0.4, 0.5) is 11.4 Å². The van der Waals surface area contributed by atoms with Crippen LogP contribution in [0.25, 0.3) is 0 Å². The number of hydrogen-bond donors (Lipinski definition) is 1. The first-order valence-corrected chi connectivity index (χ1v) is 10.3. The summed E-state index contributed by atoms with van der Waals surface area (Å²) in [4.78, 5) is 27.2. The standard InChI is InChI=1S/C21H22BrClN2O2/c1-3-13-6-5-7-14(4-2)20(13)25-12-15(10-19(25)26)21(27)24-18-9-8-16(22)11-17(18)23/h5-9,11,15H,3-4,10,12H2,1-2H3,(H,24,27)/t15-/m0/s1. The lowest BCUT2D eigenvalue weighted by Crippen LogP contribution is -2.29. The summed E-state index contributed by atoms with van der Waals surface area (Å²) in [5.74, 6) is -0.582. The minimum atomic E-state index is -0.396. The molecule has 1 aliphatic rings. The predicted molar refractivity (Wildman–Crippen MR) is 113 cm³/mol. The fraction of sp³-hybridized carbons (Fsp3) is 0.333. The molecule has 1 atom stereocenters. The van der Waals surface area contributed by atoms with E-state index in [4.69, 9.17) is 11.6 Å². The SMILES string of the molecule is CCc1cccc(CC)c1N1C[C@@H](C(=O)Nc2ccc(Br)cc2Cl)CC1=O. The third-order valence-electron chi connectivity index (χ3n) is 4.92. The van der Waals surface area contributed by atoms with Gasteiger partial charge in [-0.25, -0.2) is 0 Å². The van der Waals surface area contributed by atoms with Crippen LogP contribution in [0.1, 0.15) is 31.4 Å². The summed E-state index contributed by atoms with van der Waals surface area (Å²) in [6.45, 7) is 4.56. The van der Waals surface area contributed by atoms with Crippen molar-refractivity contribution in [3.05, 3.63) is 57.0 Å². The van der Waals surface area contributed by atoms with Crippen LogP contribution in [0, 0.1) is 5.92 Å². The number of hydrogen-bond acceptors (Lipinski definition) is 2. The fourth-order valence-corrected chi connectivity index (χ4v) is 4.21. The van der Waals surface area contributed by atoms with Gasteiger partial charge >= 0.3 is 0 Å². The number of aryl methyl sites for hydroxylation is 2. The van der Waals surface area contributed by atoms with E-state index in [0.29, 0.717) is 17.3 Å². The van der Waals surface area contributed by atoms with Gasteiger partial charge in [0.15, 0.2) is 0 Å². The number of amides is 2. The first-order valence-electron chi connectivity index (χ1n) is 9.11. The molecule has 2 aromatic carbocycles. The van der Waals surface area contributed by atoms with Crippen molar-refractivity contribution in [1.82, 2.24) is 0 Å². The summed E-state index contributed by atoms with van der Waals surface area (Å²) in [5.41, 5.74) is 3.81. The summed E-state index contributed by atoms with van der Waals surface area (Å²) < 4.78 is 0.844. The van der Waals surface area contributed by atoms with Crippen LogP contribution in [-0.4, -0.2) is 18.4 Å². The summed E-state index contributed by atoms with van der Waals surface area (Å²) in [6.07, 6.45) is 1.90. The fourth-order valence-electron chi connectivity index (χ4n) is 3.49. The first-order chi connectivity index (χ1) is 12.9. The molecule has 1 N–H and O–H groups in total. The number of carbonyl (C=O) groups is 2. The van der Waals surface area contributed by atoms with Crippen LogP contribution >= 0.6 is 27.5 Å². The Labute approximate surface area is 173 Å². The summed E-state index contributed by atoms with van der Waals surface area (Å²) >= 11 is 9.54. The largest absolute Gasteiger partial charge is 0.324 e. The second kappa shape index (κ2) is 8.44.